The summed E-state index contributed by atoms with van der Waals surface area (Å²) in [6, 6.07) is 13.9. The molecule has 1 amide bonds. The molecule has 1 aliphatic heterocycles. The van der Waals surface area contributed by atoms with E-state index in [0.29, 0.717) is 19.7 Å². The van der Waals surface area contributed by atoms with E-state index < -0.39 is 0 Å². The molecule has 3 aromatic rings. The molecule has 4 rings (SSSR count). The van der Waals surface area contributed by atoms with Gasteiger partial charge in [0.1, 0.15) is 5.82 Å². The van der Waals surface area contributed by atoms with Crippen LogP contribution in [-0.4, -0.2) is 60.3 Å². The van der Waals surface area contributed by atoms with Crippen LogP contribution in [0.1, 0.15) is 10.4 Å². The van der Waals surface area contributed by atoms with Crippen LogP contribution in [0.3, 0.4) is 0 Å². The molecule has 1 fully saturated rings. The van der Waals surface area contributed by atoms with Gasteiger partial charge in [0, 0.05) is 68.7 Å². The maximum absolute atomic E-state index is 13.1. The normalized spacial score (nSPS) is 14.7. The number of benzene rings is 1. The van der Waals surface area contributed by atoms with Crippen LogP contribution in [0.25, 0.3) is 10.9 Å². The number of fused-ring (bicyclic) bond motifs is 1. The molecule has 0 bridgehead atoms. The molecule has 0 aliphatic carbocycles. The van der Waals surface area contributed by atoms with Crippen molar-refractivity contribution in [2.75, 3.05) is 44.8 Å². The molecule has 1 aliphatic rings. The first-order valence-electron chi connectivity index (χ1n) is 9.30. The molecule has 3 heterocycles. The zero-order valence-electron chi connectivity index (χ0n) is 15.5. The number of rotatable bonds is 5. The smallest absolute Gasteiger partial charge is 0.254 e. The van der Waals surface area contributed by atoms with Gasteiger partial charge in [-0.1, -0.05) is 12.1 Å². The van der Waals surface area contributed by atoms with E-state index in [1.165, 1.54) is 0 Å². The quantitative estimate of drug-likeness (QED) is 0.698. The molecule has 0 N–H and O–H groups in total. The van der Waals surface area contributed by atoms with E-state index in [9.17, 15) is 4.79 Å². The number of methoxy groups -OCH3 is 1. The Kier molecular flexibility index (Phi) is 5.07. The largest absolute Gasteiger partial charge is 0.383 e. The van der Waals surface area contributed by atoms with Gasteiger partial charge in [-0.2, -0.15) is 0 Å². The summed E-state index contributed by atoms with van der Waals surface area (Å²) in [5.74, 6) is 1.08. The highest BCUT2D eigenvalue weighted by atomic mass is 16.5. The van der Waals surface area contributed by atoms with Crippen LogP contribution in [-0.2, 0) is 11.3 Å². The van der Waals surface area contributed by atoms with Crippen molar-refractivity contribution in [2.45, 2.75) is 6.54 Å². The Hall–Kier alpha value is -2.86. The number of aromatic nitrogens is 2. The molecule has 140 valence electrons. The number of piperazine rings is 1. The molecule has 0 saturated carbocycles. The van der Waals surface area contributed by atoms with Gasteiger partial charge >= 0.3 is 0 Å². The average Bonchev–Trinajstić information content (AvgIpc) is 3.15. The molecular weight excluding hydrogens is 340 g/mol. The molecule has 27 heavy (non-hydrogen) atoms. The number of pyridine rings is 1. The topological polar surface area (TPSA) is 50.6 Å². The van der Waals surface area contributed by atoms with E-state index in [-0.39, 0.29) is 5.91 Å². The van der Waals surface area contributed by atoms with Gasteiger partial charge in [-0.3, -0.25) is 4.79 Å². The van der Waals surface area contributed by atoms with Crippen molar-refractivity contribution in [3.05, 3.63) is 60.4 Å². The van der Waals surface area contributed by atoms with Crippen molar-refractivity contribution < 1.29 is 9.53 Å². The van der Waals surface area contributed by atoms with Gasteiger partial charge in [0.05, 0.1) is 6.61 Å². The highest BCUT2D eigenvalue weighted by Crippen LogP contribution is 2.23. The Balaban J connectivity index is 1.50. The fourth-order valence-electron chi connectivity index (χ4n) is 3.64. The lowest BCUT2D eigenvalue weighted by atomic mass is 10.1. The zero-order valence-corrected chi connectivity index (χ0v) is 15.5. The Morgan fingerprint density at radius 1 is 1.07 bits per heavy atom. The first-order chi connectivity index (χ1) is 13.3. The second-order valence-electron chi connectivity index (χ2n) is 6.71. The number of anilines is 1. The number of hydrogen-bond donors (Lipinski definition) is 0. The van der Waals surface area contributed by atoms with Crippen molar-refractivity contribution in [3.63, 3.8) is 0 Å². The molecule has 0 atom stereocenters. The van der Waals surface area contributed by atoms with Gasteiger partial charge in [-0.05, 0) is 30.3 Å². The van der Waals surface area contributed by atoms with E-state index in [1.54, 1.807) is 7.11 Å². The van der Waals surface area contributed by atoms with Crippen LogP contribution >= 0.6 is 0 Å². The number of carbonyl (C=O) groups excluding carboxylic acids is 1. The van der Waals surface area contributed by atoms with E-state index in [1.807, 2.05) is 53.7 Å². The minimum Gasteiger partial charge on any atom is -0.383 e. The summed E-state index contributed by atoms with van der Waals surface area (Å²) in [6.45, 7) is 4.44. The third-order valence-electron chi connectivity index (χ3n) is 5.12. The average molecular weight is 364 g/mol. The fraction of sp³-hybridized carbons (Fsp3) is 0.333. The lowest BCUT2D eigenvalue weighted by Gasteiger charge is -2.35. The zero-order chi connectivity index (χ0) is 18.6. The molecular formula is C21H24N4O2. The van der Waals surface area contributed by atoms with Crippen LogP contribution in [0, 0.1) is 0 Å². The number of nitrogens with zero attached hydrogens (tertiary/aromatic N) is 4. The van der Waals surface area contributed by atoms with E-state index in [0.717, 1.165) is 41.9 Å². The fourth-order valence-corrected chi connectivity index (χ4v) is 3.64. The molecule has 1 aromatic carbocycles. The lowest BCUT2D eigenvalue weighted by molar-refractivity contribution is 0.0748. The highest BCUT2D eigenvalue weighted by molar-refractivity contribution is 6.06. The minimum absolute atomic E-state index is 0.103. The summed E-state index contributed by atoms with van der Waals surface area (Å²) in [4.78, 5) is 21.7. The van der Waals surface area contributed by atoms with Gasteiger partial charge in [-0.15, -0.1) is 0 Å². The molecule has 6 heteroatoms. The van der Waals surface area contributed by atoms with E-state index >= 15 is 0 Å². The molecule has 0 unspecified atom stereocenters. The molecule has 2 aromatic heterocycles. The van der Waals surface area contributed by atoms with Crippen molar-refractivity contribution >= 4 is 22.6 Å². The minimum atomic E-state index is 0.103. The monoisotopic (exact) mass is 364 g/mol. The number of ether oxygens (including phenoxy) is 1. The molecule has 0 radical (unpaired) electrons. The summed E-state index contributed by atoms with van der Waals surface area (Å²) in [6.07, 6.45) is 3.83. The lowest BCUT2D eigenvalue weighted by Crippen LogP contribution is -2.49. The van der Waals surface area contributed by atoms with Crippen LogP contribution in [0.15, 0.2) is 54.9 Å². The molecule has 1 saturated heterocycles. The van der Waals surface area contributed by atoms with Gasteiger partial charge in [0.2, 0.25) is 0 Å². The SMILES string of the molecule is COCCn1ccc2c(C(=O)N3CCN(c4ccccn4)CC3)cccc21. The van der Waals surface area contributed by atoms with Gasteiger partial charge in [-0.25, -0.2) is 4.98 Å². The third kappa shape index (κ3) is 3.53. The first-order valence-corrected chi connectivity index (χ1v) is 9.30. The predicted octanol–water partition coefficient (Wildman–Crippen LogP) is 2.65. The summed E-state index contributed by atoms with van der Waals surface area (Å²) < 4.78 is 7.31. The van der Waals surface area contributed by atoms with Gasteiger partial charge in [0.25, 0.3) is 5.91 Å². The highest BCUT2D eigenvalue weighted by Gasteiger charge is 2.24. The van der Waals surface area contributed by atoms with Crippen molar-refractivity contribution in [2.24, 2.45) is 0 Å². The Labute approximate surface area is 159 Å². The van der Waals surface area contributed by atoms with Crippen LogP contribution < -0.4 is 4.90 Å². The Morgan fingerprint density at radius 3 is 2.67 bits per heavy atom. The van der Waals surface area contributed by atoms with Crippen molar-refractivity contribution in [1.29, 1.82) is 0 Å². The van der Waals surface area contributed by atoms with Crippen LogP contribution in [0.2, 0.25) is 0 Å². The number of amides is 1. The summed E-state index contributed by atoms with van der Waals surface area (Å²) in [5, 5.41) is 1.01. The van der Waals surface area contributed by atoms with Gasteiger partial charge in [0.15, 0.2) is 0 Å². The summed E-state index contributed by atoms with van der Waals surface area (Å²) in [5.41, 5.74) is 1.85. The molecule has 6 nitrogen and oxygen atoms in total. The maximum atomic E-state index is 13.1. The Bertz CT molecular complexity index is 914. The number of carbonyl (C=O) groups is 1. The molecule has 0 spiro atoms. The predicted molar refractivity (Wildman–Crippen MR) is 106 cm³/mol. The van der Waals surface area contributed by atoms with E-state index in [2.05, 4.69) is 20.5 Å². The third-order valence-corrected chi connectivity index (χ3v) is 5.12. The van der Waals surface area contributed by atoms with Gasteiger partial charge < -0.3 is 19.1 Å². The Morgan fingerprint density at radius 2 is 1.93 bits per heavy atom. The van der Waals surface area contributed by atoms with E-state index in [4.69, 9.17) is 4.74 Å². The first kappa shape index (κ1) is 17.5. The second-order valence-corrected chi connectivity index (χ2v) is 6.71. The summed E-state index contributed by atoms with van der Waals surface area (Å²) >= 11 is 0. The maximum Gasteiger partial charge on any atom is 0.254 e. The van der Waals surface area contributed by atoms with Crippen LogP contribution in [0.4, 0.5) is 5.82 Å². The van der Waals surface area contributed by atoms with Crippen LogP contribution in [0.5, 0.6) is 0 Å². The summed E-state index contributed by atoms with van der Waals surface area (Å²) in [7, 11) is 1.70. The van der Waals surface area contributed by atoms with Crippen molar-refractivity contribution in [1.82, 2.24) is 14.5 Å². The second kappa shape index (κ2) is 7.80. The number of hydrogen-bond acceptors (Lipinski definition) is 4. The van der Waals surface area contributed by atoms with Crippen molar-refractivity contribution in [3.8, 4) is 0 Å². The standard InChI is InChI=1S/C21H24N4O2/c1-27-16-15-23-10-8-17-18(5-4-6-19(17)23)21(26)25-13-11-24(12-14-25)20-7-2-3-9-22-20/h2-10H,11-16H2,1H3.